The van der Waals surface area contributed by atoms with Crippen LogP contribution in [0.4, 0.5) is 4.39 Å². The van der Waals surface area contributed by atoms with Crippen molar-refractivity contribution in [2.45, 2.75) is 12.5 Å². The largest absolute Gasteiger partial charge is 0.491 e. The molecule has 0 aromatic heterocycles. The third kappa shape index (κ3) is 2.64. The first-order chi connectivity index (χ1) is 9.72. The minimum absolute atomic E-state index is 0.0955. The zero-order valence-corrected chi connectivity index (χ0v) is 10.8. The van der Waals surface area contributed by atoms with E-state index in [0.29, 0.717) is 6.61 Å². The molecule has 1 heterocycles. The summed E-state index contributed by atoms with van der Waals surface area (Å²) < 4.78 is 18.3. The molecule has 1 N–H and O–H groups in total. The van der Waals surface area contributed by atoms with Gasteiger partial charge in [0.05, 0.1) is 12.5 Å². The minimum Gasteiger partial charge on any atom is -0.491 e. The first-order valence-electron chi connectivity index (χ1n) is 6.48. The van der Waals surface area contributed by atoms with E-state index < -0.39 is 0 Å². The summed E-state index contributed by atoms with van der Waals surface area (Å²) in [6, 6.07) is 13.5. The van der Waals surface area contributed by atoms with Crippen LogP contribution in [0.2, 0.25) is 0 Å². The Bertz CT molecular complexity index is 625. The molecule has 1 amide bonds. The minimum atomic E-state index is -0.299. The molecule has 1 aliphatic heterocycles. The highest BCUT2D eigenvalue weighted by Crippen LogP contribution is 2.31. The van der Waals surface area contributed by atoms with Gasteiger partial charge in [-0.1, -0.05) is 30.3 Å². The van der Waals surface area contributed by atoms with E-state index in [-0.39, 0.29) is 24.2 Å². The molecule has 0 aliphatic carbocycles. The van der Waals surface area contributed by atoms with Crippen LogP contribution in [-0.2, 0) is 11.2 Å². The molecule has 1 unspecified atom stereocenters. The molecular weight excluding hydrogens is 257 g/mol. The summed E-state index contributed by atoms with van der Waals surface area (Å²) in [4.78, 5) is 12.0. The van der Waals surface area contributed by atoms with Crippen molar-refractivity contribution in [2.75, 3.05) is 6.61 Å². The second-order valence-electron chi connectivity index (χ2n) is 4.77. The highest BCUT2D eigenvalue weighted by Gasteiger charge is 2.24. The predicted octanol–water partition coefficient (Wildman–Crippen LogP) is 2.62. The average molecular weight is 271 g/mol. The van der Waals surface area contributed by atoms with Crippen LogP contribution < -0.4 is 10.1 Å². The van der Waals surface area contributed by atoms with Gasteiger partial charge in [0.15, 0.2) is 0 Å². The number of halogens is 1. The van der Waals surface area contributed by atoms with Crippen LogP contribution in [0.5, 0.6) is 5.75 Å². The number of hydrogen-bond acceptors (Lipinski definition) is 2. The summed E-state index contributed by atoms with van der Waals surface area (Å²) in [6.45, 7) is 0.453. The number of carbonyl (C=O) groups excluding carboxylic acids is 1. The van der Waals surface area contributed by atoms with Gasteiger partial charge in [-0.3, -0.25) is 4.79 Å². The molecule has 0 saturated carbocycles. The fourth-order valence-electron chi connectivity index (χ4n) is 2.32. The number of rotatable bonds is 3. The van der Waals surface area contributed by atoms with Gasteiger partial charge in [-0.25, -0.2) is 4.39 Å². The SMILES string of the molecule is O=C(Cc1ccc(F)cc1)NC1COc2ccccc21. The molecule has 0 radical (unpaired) electrons. The monoisotopic (exact) mass is 271 g/mol. The number of amides is 1. The van der Waals surface area contributed by atoms with Gasteiger partial charge in [-0.2, -0.15) is 0 Å². The highest BCUT2D eigenvalue weighted by molar-refractivity contribution is 5.79. The Morgan fingerprint density at radius 3 is 2.75 bits per heavy atom. The number of benzene rings is 2. The Balaban J connectivity index is 1.64. The molecule has 0 bridgehead atoms. The van der Waals surface area contributed by atoms with Crippen LogP contribution in [-0.4, -0.2) is 12.5 Å². The van der Waals surface area contributed by atoms with Crippen LogP contribution in [0.15, 0.2) is 48.5 Å². The maximum atomic E-state index is 12.8. The highest BCUT2D eigenvalue weighted by atomic mass is 19.1. The molecule has 1 aliphatic rings. The second-order valence-corrected chi connectivity index (χ2v) is 4.77. The zero-order chi connectivity index (χ0) is 13.9. The predicted molar refractivity (Wildman–Crippen MR) is 72.9 cm³/mol. The smallest absolute Gasteiger partial charge is 0.225 e. The van der Waals surface area contributed by atoms with Gasteiger partial charge in [0.2, 0.25) is 5.91 Å². The normalized spacial score (nSPS) is 16.4. The number of carbonyl (C=O) groups is 1. The lowest BCUT2D eigenvalue weighted by Crippen LogP contribution is -2.30. The van der Waals surface area contributed by atoms with Gasteiger partial charge in [0.1, 0.15) is 18.2 Å². The number of hydrogen-bond donors (Lipinski definition) is 1. The standard InChI is InChI=1S/C16H14FNO2/c17-12-7-5-11(6-8-12)9-16(19)18-14-10-20-15-4-2-1-3-13(14)15/h1-8,14H,9-10H2,(H,18,19). The molecule has 0 saturated heterocycles. The molecule has 2 aromatic carbocycles. The fourth-order valence-corrected chi connectivity index (χ4v) is 2.32. The van der Waals surface area contributed by atoms with Crippen LogP contribution in [0.25, 0.3) is 0 Å². The van der Waals surface area contributed by atoms with E-state index in [1.54, 1.807) is 12.1 Å². The first-order valence-corrected chi connectivity index (χ1v) is 6.48. The van der Waals surface area contributed by atoms with Crippen LogP contribution >= 0.6 is 0 Å². The lowest BCUT2D eigenvalue weighted by Gasteiger charge is -2.11. The van der Waals surface area contributed by atoms with E-state index in [1.165, 1.54) is 12.1 Å². The third-order valence-electron chi connectivity index (χ3n) is 3.31. The third-order valence-corrected chi connectivity index (χ3v) is 3.31. The molecule has 0 fully saturated rings. The van der Waals surface area contributed by atoms with E-state index in [1.807, 2.05) is 24.3 Å². The Labute approximate surface area is 116 Å². The van der Waals surface area contributed by atoms with Crippen LogP contribution in [0, 0.1) is 5.82 Å². The molecule has 102 valence electrons. The van der Waals surface area contributed by atoms with Crippen molar-refractivity contribution in [1.82, 2.24) is 5.32 Å². The Kier molecular flexibility index (Phi) is 3.37. The maximum Gasteiger partial charge on any atom is 0.225 e. The van der Waals surface area contributed by atoms with Crippen molar-refractivity contribution in [2.24, 2.45) is 0 Å². The molecular formula is C16H14FNO2. The van der Waals surface area contributed by atoms with Crippen LogP contribution in [0.1, 0.15) is 17.2 Å². The van der Waals surface area contributed by atoms with Crippen molar-refractivity contribution in [3.63, 3.8) is 0 Å². The molecule has 3 nitrogen and oxygen atoms in total. The van der Waals surface area contributed by atoms with E-state index in [4.69, 9.17) is 4.74 Å². The van der Waals surface area contributed by atoms with Crippen LogP contribution in [0.3, 0.4) is 0 Å². The zero-order valence-electron chi connectivity index (χ0n) is 10.8. The Morgan fingerprint density at radius 2 is 1.95 bits per heavy atom. The summed E-state index contributed by atoms with van der Waals surface area (Å²) >= 11 is 0. The van der Waals surface area contributed by atoms with E-state index in [2.05, 4.69) is 5.32 Å². The number of ether oxygens (including phenoxy) is 1. The average Bonchev–Trinajstić information content (AvgIpc) is 2.85. The van der Waals surface area contributed by atoms with E-state index in [9.17, 15) is 9.18 Å². The lowest BCUT2D eigenvalue weighted by atomic mass is 10.1. The summed E-state index contributed by atoms with van der Waals surface area (Å²) in [6.07, 6.45) is 0.235. The van der Waals surface area contributed by atoms with Crippen molar-refractivity contribution in [3.05, 3.63) is 65.5 Å². The quantitative estimate of drug-likeness (QED) is 0.932. The van der Waals surface area contributed by atoms with E-state index >= 15 is 0 Å². The molecule has 20 heavy (non-hydrogen) atoms. The van der Waals surface area contributed by atoms with Gasteiger partial charge in [0, 0.05) is 5.56 Å². The van der Waals surface area contributed by atoms with Gasteiger partial charge in [-0.05, 0) is 23.8 Å². The summed E-state index contributed by atoms with van der Waals surface area (Å²) in [5, 5.41) is 2.94. The molecule has 1 atom stereocenters. The van der Waals surface area contributed by atoms with Gasteiger partial charge >= 0.3 is 0 Å². The van der Waals surface area contributed by atoms with Gasteiger partial charge in [-0.15, -0.1) is 0 Å². The summed E-state index contributed by atoms with van der Waals surface area (Å²) in [5.41, 5.74) is 1.79. The van der Waals surface area contributed by atoms with Crippen molar-refractivity contribution >= 4 is 5.91 Å². The lowest BCUT2D eigenvalue weighted by molar-refractivity contribution is -0.121. The molecule has 2 aromatic rings. The topological polar surface area (TPSA) is 38.3 Å². The fraction of sp³-hybridized carbons (Fsp3) is 0.188. The number of fused-ring (bicyclic) bond motifs is 1. The van der Waals surface area contributed by atoms with Gasteiger partial charge < -0.3 is 10.1 Å². The van der Waals surface area contributed by atoms with Gasteiger partial charge in [0.25, 0.3) is 0 Å². The molecule has 4 heteroatoms. The second kappa shape index (κ2) is 5.33. The summed E-state index contributed by atoms with van der Waals surface area (Å²) in [5.74, 6) is 0.425. The number of nitrogens with one attached hydrogen (secondary N) is 1. The summed E-state index contributed by atoms with van der Waals surface area (Å²) in [7, 11) is 0. The Morgan fingerprint density at radius 1 is 1.20 bits per heavy atom. The van der Waals surface area contributed by atoms with E-state index in [0.717, 1.165) is 16.9 Å². The Hall–Kier alpha value is -2.36. The molecule has 3 rings (SSSR count). The van der Waals surface area contributed by atoms with Crippen molar-refractivity contribution < 1.29 is 13.9 Å². The van der Waals surface area contributed by atoms with Crippen molar-refractivity contribution in [3.8, 4) is 5.75 Å². The maximum absolute atomic E-state index is 12.8. The van der Waals surface area contributed by atoms with Crippen molar-refractivity contribution in [1.29, 1.82) is 0 Å². The number of para-hydroxylation sites is 1. The molecule has 0 spiro atoms. The first kappa shape index (κ1) is 12.7.